The second kappa shape index (κ2) is 5.71. The number of rotatable bonds is 3. The molecule has 1 unspecified atom stereocenters. The number of hydrogen-bond donors (Lipinski definition) is 1. The van der Waals surface area contributed by atoms with Crippen LogP contribution in [0.1, 0.15) is 28.9 Å². The maximum atomic E-state index is 12.3. The van der Waals surface area contributed by atoms with Crippen LogP contribution in [0.5, 0.6) is 0 Å². The third-order valence-corrected chi connectivity index (χ3v) is 3.38. The largest absolute Gasteiger partial charge is 0.346 e. The molecule has 3 aromatic rings. The maximum Gasteiger partial charge on any atom is 0.251 e. The summed E-state index contributed by atoms with van der Waals surface area (Å²) in [6.07, 6.45) is 3.26. The van der Waals surface area contributed by atoms with Gasteiger partial charge >= 0.3 is 0 Å². The Bertz CT molecular complexity index is 771. The first-order valence-corrected chi connectivity index (χ1v) is 6.80. The van der Waals surface area contributed by atoms with Crippen molar-refractivity contribution >= 4 is 16.9 Å². The standard InChI is InChI=1S/C17H15N3O/c1-12(13-5-3-2-4-6-13)20-17(21)14-7-8-15-16(11-14)19-10-9-18-15/h2-12H,1H3,(H,20,21). The summed E-state index contributed by atoms with van der Waals surface area (Å²) in [4.78, 5) is 20.7. The molecule has 3 rings (SSSR count). The van der Waals surface area contributed by atoms with Crippen LogP contribution in [0.15, 0.2) is 60.9 Å². The molecule has 1 heterocycles. The van der Waals surface area contributed by atoms with Gasteiger partial charge in [0.1, 0.15) is 0 Å². The molecule has 0 fully saturated rings. The van der Waals surface area contributed by atoms with E-state index in [-0.39, 0.29) is 11.9 Å². The summed E-state index contributed by atoms with van der Waals surface area (Å²) in [5.41, 5.74) is 3.17. The van der Waals surface area contributed by atoms with Gasteiger partial charge in [-0.2, -0.15) is 0 Å². The Balaban J connectivity index is 1.80. The summed E-state index contributed by atoms with van der Waals surface area (Å²) < 4.78 is 0. The van der Waals surface area contributed by atoms with E-state index in [2.05, 4.69) is 15.3 Å². The zero-order valence-corrected chi connectivity index (χ0v) is 11.7. The van der Waals surface area contributed by atoms with E-state index in [1.807, 2.05) is 43.3 Å². The van der Waals surface area contributed by atoms with Crippen molar-refractivity contribution < 1.29 is 4.79 Å². The fraction of sp³-hybridized carbons (Fsp3) is 0.118. The Morgan fingerprint density at radius 1 is 1.00 bits per heavy atom. The van der Waals surface area contributed by atoms with Crippen LogP contribution < -0.4 is 5.32 Å². The number of hydrogen-bond acceptors (Lipinski definition) is 3. The second-order valence-corrected chi connectivity index (χ2v) is 4.87. The van der Waals surface area contributed by atoms with Gasteiger partial charge in [0.25, 0.3) is 5.91 Å². The smallest absolute Gasteiger partial charge is 0.251 e. The van der Waals surface area contributed by atoms with Crippen molar-refractivity contribution in [2.45, 2.75) is 13.0 Å². The Hall–Kier alpha value is -2.75. The number of aromatic nitrogens is 2. The number of fused-ring (bicyclic) bond motifs is 1. The number of carbonyl (C=O) groups is 1. The molecule has 0 spiro atoms. The second-order valence-electron chi connectivity index (χ2n) is 4.87. The minimum Gasteiger partial charge on any atom is -0.346 e. The molecule has 0 saturated carbocycles. The molecule has 1 aromatic heterocycles. The molecule has 104 valence electrons. The molecule has 1 amide bonds. The molecule has 21 heavy (non-hydrogen) atoms. The predicted octanol–water partition coefficient (Wildman–Crippen LogP) is 3.12. The minimum absolute atomic E-state index is 0.0451. The number of amides is 1. The summed E-state index contributed by atoms with van der Waals surface area (Å²) in [5, 5.41) is 2.99. The van der Waals surface area contributed by atoms with Gasteiger partial charge in [0.2, 0.25) is 0 Å². The monoisotopic (exact) mass is 277 g/mol. The third-order valence-electron chi connectivity index (χ3n) is 3.38. The first-order valence-electron chi connectivity index (χ1n) is 6.80. The van der Waals surface area contributed by atoms with Gasteiger partial charge in [0.15, 0.2) is 0 Å². The van der Waals surface area contributed by atoms with Crippen LogP contribution in [0.25, 0.3) is 11.0 Å². The van der Waals surface area contributed by atoms with Crippen LogP contribution in [0.3, 0.4) is 0 Å². The molecule has 2 aromatic carbocycles. The van der Waals surface area contributed by atoms with Gasteiger partial charge in [0, 0.05) is 18.0 Å². The van der Waals surface area contributed by atoms with E-state index in [4.69, 9.17) is 0 Å². The number of nitrogens with zero attached hydrogens (tertiary/aromatic N) is 2. The SMILES string of the molecule is CC(NC(=O)c1ccc2nccnc2c1)c1ccccc1. The van der Waals surface area contributed by atoms with Crippen LogP contribution in [0.4, 0.5) is 0 Å². The topological polar surface area (TPSA) is 54.9 Å². The minimum atomic E-state index is -0.112. The lowest BCUT2D eigenvalue weighted by Crippen LogP contribution is -2.26. The Kier molecular flexibility index (Phi) is 3.60. The van der Waals surface area contributed by atoms with E-state index in [9.17, 15) is 4.79 Å². The summed E-state index contributed by atoms with van der Waals surface area (Å²) >= 11 is 0. The Morgan fingerprint density at radius 2 is 1.71 bits per heavy atom. The van der Waals surface area contributed by atoms with Gasteiger partial charge in [-0.25, -0.2) is 0 Å². The highest BCUT2D eigenvalue weighted by molar-refractivity contribution is 5.97. The molecule has 0 aliphatic heterocycles. The van der Waals surface area contributed by atoms with E-state index in [0.717, 1.165) is 16.6 Å². The molecular formula is C17H15N3O. The average molecular weight is 277 g/mol. The fourth-order valence-corrected chi connectivity index (χ4v) is 2.21. The molecule has 1 atom stereocenters. The van der Waals surface area contributed by atoms with E-state index < -0.39 is 0 Å². The van der Waals surface area contributed by atoms with Gasteiger partial charge in [-0.3, -0.25) is 14.8 Å². The van der Waals surface area contributed by atoms with Gasteiger partial charge in [-0.1, -0.05) is 30.3 Å². The predicted molar refractivity (Wildman–Crippen MR) is 81.9 cm³/mol. The van der Waals surface area contributed by atoms with E-state index in [1.54, 1.807) is 24.5 Å². The van der Waals surface area contributed by atoms with Gasteiger partial charge < -0.3 is 5.32 Å². The van der Waals surface area contributed by atoms with Crippen molar-refractivity contribution in [2.75, 3.05) is 0 Å². The Labute approximate surface area is 122 Å². The van der Waals surface area contributed by atoms with Gasteiger partial charge in [-0.15, -0.1) is 0 Å². The lowest BCUT2D eigenvalue weighted by Gasteiger charge is -2.14. The molecule has 1 N–H and O–H groups in total. The van der Waals surface area contributed by atoms with Crippen LogP contribution in [0.2, 0.25) is 0 Å². The molecule has 4 heteroatoms. The van der Waals surface area contributed by atoms with Gasteiger partial charge in [0.05, 0.1) is 17.1 Å². The maximum absolute atomic E-state index is 12.3. The molecule has 0 bridgehead atoms. The lowest BCUT2D eigenvalue weighted by atomic mass is 10.1. The summed E-state index contributed by atoms with van der Waals surface area (Å²) in [7, 11) is 0. The van der Waals surface area contributed by atoms with Crippen molar-refractivity contribution in [3.8, 4) is 0 Å². The highest BCUT2D eigenvalue weighted by Crippen LogP contribution is 2.14. The molecular weight excluding hydrogens is 262 g/mol. The Morgan fingerprint density at radius 3 is 2.48 bits per heavy atom. The summed E-state index contributed by atoms with van der Waals surface area (Å²) in [5.74, 6) is -0.112. The summed E-state index contributed by atoms with van der Waals surface area (Å²) in [6.45, 7) is 1.97. The average Bonchev–Trinajstić information content (AvgIpc) is 2.55. The zero-order valence-electron chi connectivity index (χ0n) is 11.7. The van der Waals surface area contributed by atoms with Crippen LogP contribution >= 0.6 is 0 Å². The molecule has 0 radical (unpaired) electrons. The normalized spacial score (nSPS) is 12.0. The van der Waals surface area contributed by atoms with Crippen LogP contribution in [-0.2, 0) is 0 Å². The first-order chi connectivity index (χ1) is 10.2. The summed E-state index contributed by atoms with van der Waals surface area (Å²) in [6, 6.07) is 15.2. The van der Waals surface area contributed by atoms with Crippen molar-refractivity contribution in [2.24, 2.45) is 0 Å². The van der Waals surface area contributed by atoms with Crippen molar-refractivity contribution in [3.05, 3.63) is 72.1 Å². The van der Waals surface area contributed by atoms with E-state index in [1.165, 1.54) is 0 Å². The van der Waals surface area contributed by atoms with Crippen molar-refractivity contribution in [1.29, 1.82) is 0 Å². The van der Waals surface area contributed by atoms with Crippen LogP contribution in [0, 0.1) is 0 Å². The van der Waals surface area contributed by atoms with E-state index in [0.29, 0.717) is 5.56 Å². The highest BCUT2D eigenvalue weighted by Gasteiger charge is 2.11. The molecule has 0 saturated heterocycles. The van der Waals surface area contributed by atoms with Crippen LogP contribution in [-0.4, -0.2) is 15.9 Å². The molecule has 4 nitrogen and oxygen atoms in total. The van der Waals surface area contributed by atoms with Crippen molar-refractivity contribution in [1.82, 2.24) is 15.3 Å². The van der Waals surface area contributed by atoms with Gasteiger partial charge in [-0.05, 0) is 30.7 Å². The molecule has 0 aliphatic carbocycles. The lowest BCUT2D eigenvalue weighted by molar-refractivity contribution is 0.0940. The third kappa shape index (κ3) is 2.89. The zero-order chi connectivity index (χ0) is 14.7. The number of carbonyl (C=O) groups excluding carboxylic acids is 1. The number of benzene rings is 2. The van der Waals surface area contributed by atoms with E-state index >= 15 is 0 Å². The van der Waals surface area contributed by atoms with Crippen molar-refractivity contribution in [3.63, 3.8) is 0 Å². The highest BCUT2D eigenvalue weighted by atomic mass is 16.1. The first kappa shape index (κ1) is 13.2. The molecule has 0 aliphatic rings. The fourth-order valence-electron chi connectivity index (χ4n) is 2.21. The quantitative estimate of drug-likeness (QED) is 0.800. The number of nitrogens with one attached hydrogen (secondary N) is 1.